The van der Waals surface area contributed by atoms with Crippen molar-refractivity contribution in [1.29, 1.82) is 0 Å². The molecular weight excluding hydrogens is 211 g/mol. The Bertz CT molecular complexity index is 300. The summed E-state index contributed by atoms with van der Waals surface area (Å²) in [5.74, 6) is -2.93. The molecular formula is C9H12F3NO2. The molecule has 1 heterocycles. The standard InChI is InChI=1S/C9H12F3NO2/c10-6(8(11)12)5-7(15)4(14)3-13-9(5)1-2-9/h4-5,7,13-15H,1-3H2/t4-,5-,7+/m1/s1. The van der Waals surface area contributed by atoms with Gasteiger partial charge in [0.15, 0.2) is 5.83 Å². The Hall–Kier alpha value is -0.590. The number of hydrogen-bond donors (Lipinski definition) is 3. The molecule has 1 aliphatic carbocycles. The van der Waals surface area contributed by atoms with Gasteiger partial charge in [0.1, 0.15) is 0 Å². The lowest BCUT2D eigenvalue weighted by molar-refractivity contribution is -0.0530. The summed E-state index contributed by atoms with van der Waals surface area (Å²) in [5, 5.41) is 21.6. The second kappa shape index (κ2) is 3.47. The Labute approximate surface area is 84.6 Å². The lowest BCUT2D eigenvalue weighted by Gasteiger charge is -2.38. The summed E-state index contributed by atoms with van der Waals surface area (Å²) in [6, 6.07) is 0. The van der Waals surface area contributed by atoms with Crippen molar-refractivity contribution in [3.63, 3.8) is 0 Å². The number of piperidine rings is 1. The topological polar surface area (TPSA) is 52.5 Å². The molecule has 86 valence electrons. The number of rotatable bonds is 1. The lowest BCUT2D eigenvalue weighted by Crippen LogP contribution is -2.58. The molecule has 15 heavy (non-hydrogen) atoms. The van der Waals surface area contributed by atoms with Crippen LogP contribution in [0, 0.1) is 5.92 Å². The molecule has 0 unspecified atom stereocenters. The Morgan fingerprint density at radius 1 is 1.20 bits per heavy atom. The van der Waals surface area contributed by atoms with E-state index in [9.17, 15) is 23.4 Å². The van der Waals surface area contributed by atoms with E-state index in [0.717, 1.165) is 0 Å². The minimum Gasteiger partial charge on any atom is -0.390 e. The molecule has 0 radical (unpaired) electrons. The van der Waals surface area contributed by atoms with Gasteiger partial charge in [-0.15, -0.1) is 0 Å². The fraction of sp³-hybridized carbons (Fsp3) is 0.778. The quantitative estimate of drug-likeness (QED) is 0.608. The van der Waals surface area contributed by atoms with Crippen molar-refractivity contribution in [2.75, 3.05) is 6.54 Å². The van der Waals surface area contributed by atoms with Gasteiger partial charge in [-0.25, -0.2) is 4.39 Å². The molecule has 1 aliphatic heterocycles. The molecule has 0 aromatic carbocycles. The van der Waals surface area contributed by atoms with Gasteiger partial charge in [0.05, 0.1) is 18.1 Å². The summed E-state index contributed by atoms with van der Waals surface area (Å²) in [5.41, 5.74) is -0.772. The average Bonchev–Trinajstić information content (AvgIpc) is 2.93. The monoisotopic (exact) mass is 223 g/mol. The van der Waals surface area contributed by atoms with Crippen molar-refractivity contribution in [1.82, 2.24) is 5.32 Å². The summed E-state index contributed by atoms with van der Waals surface area (Å²) < 4.78 is 37.5. The van der Waals surface area contributed by atoms with E-state index in [2.05, 4.69) is 5.32 Å². The van der Waals surface area contributed by atoms with Crippen molar-refractivity contribution >= 4 is 0 Å². The number of aliphatic hydroxyl groups is 2. The number of aliphatic hydroxyl groups excluding tert-OH is 2. The zero-order valence-corrected chi connectivity index (χ0v) is 7.88. The van der Waals surface area contributed by atoms with Crippen LogP contribution >= 0.6 is 0 Å². The van der Waals surface area contributed by atoms with Crippen LogP contribution in [-0.4, -0.2) is 34.5 Å². The Morgan fingerprint density at radius 3 is 2.27 bits per heavy atom. The molecule has 0 bridgehead atoms. The van der Waals surface area contributed by atoms with Gasteiger partial charge in [0, 0.05) is 12.1 Å². The van der Waals surface area contributed by atoms with Crippen LogP contribution in [0.4, 0.5) is 13.2 Å². The van der Waals surface area contributed by atoms with Crippen molar-refractivity contribution in [2.45, 2.75) is 30.6 Å². The predicted octanol–water partition coefficient (Wildman–Crippen LogP) is 0.538. The highest BCUT2D eigenvalue weighted by atomic mass is 19.3. The maximum absolute atomic E-state index is 13.2. The number of hydrogen-bond acceptors (Lipinski definition) is 3. The van der Waals surface area contributed by atoms with Crippen LogP contribution in [0.3, 0.4) is 0 Å². The van der Waals surface area contributed by atoms with Crippen LogP contribution < -0.4 is 5.32 Å². The van der Waals surface area contributed by atoms with Gasteiger partial charge in [0.25, 0.3) is 0 Å². The summed E-state index contributed by atoms with van der Waals surface area (Å²) in [7, 11) is 0. The van der Waals surface area contributed by atoms with E-state index >= 15 is 0 Å². The van der Waals surface area contributed by atoms with Crippen molar-refractivity contribution in [3.8, 4) is 0 Å². The van der Waals surface area contributed by atoms with Gasteiger partial charge in [-0.1, -0.05) is 0 Å². The number of halogens is 3. The molecule has 3 nitrogen and oxygen atoms in total. The highest BCUT2D eigenvalue weighted by Gasteiger charge is 2.58. The van der Waals surface area contributed by atoms with E-state index in [-0.39, 0.29) is 6.54 Å². The molecule has 3 N–H and O–H groups in total. The van der Waals surface area contributed by atoms with Crippen molar-refractivity contribution < 1.29 is 23.4 Å². The second-order valence-corrected chi connectivity index (χ2v) is 4.18. The SMILES string of the molecule is O[C@H]1[C@H](O)CNC2(CC2)[C@@H]1C(F)=C(F)F. The number of nitrogens with one attached hydrogen (secondary N) is 1. The maximum Gasteiger partial charge on any atom is 0.301 e. The van der Waals surface area contributed by atoms with E-state index in [4.69, 9.17) is 0 Å². The maximum atomic E-state index is 13.2. The van der Waals surface area contributed by atoms with E-state index < -0.39 is 35.6 Å². The van der Waals surface area contributed by atoms with Gasteiger partial charge < -0.3 is 15.5 Å². The van der Waals surface area contributed by atoms with E-state index in [1.54, 1.807) is 0 Å². The lowest BCUT2D eigenvalue weighted by atomic mass is 9.83. The van der Waals surface area contributed by atoms with E-state index in [0.29, 0.717) is 12.8 Å². The molecule has 0 aromatic heterocycles. The molecule has 2 aliphatic rings. The van der Waals surface area contributed by atoms with Crippen molar-refractivity contribution in [2.24, 2.45) is 5.92 Å². The zero-order chi connectivity index (χ0) is 11.2. The molecule has 3 atom stereocenters. The highest BCUT2D eigenvalue weighted by Crippen LogP contribution is 2.50. The molecule has 1 saturated carbocycles. The summed E-state index contributed by atoms with van der Waals surface area (Å²) >= 11 is 0. The van der Waals surface area contributed by atoms with Crippen LogP contribution in [0.2, 0.25) is 0 Å². The van der Waals surface area contributed by atoms with Crippen LogP contribution in [-0.2, 0) is 0 Å². The molecule has 6 heteroatoms. The Morgan fingerprint density at radius 2 is 1.80 bits per heavy atom. The predicted molar refractivity (Wildman–Crippen MR) is 45.8 cm³/mol. The van der Waals surface area contributed by atoms with E-state index in [1.165, 1.54) is 0 Å². The minimum absolute atomic E-state index is 0.110. The molecule has 1 spiro atoms. The van der Waals surface area contributed by atoms with Gasteiger partial charge >= 0.3 is 6.08 Å². The fourth-order valence-electron chi connectivity index (χ4n) is 2.22. The summed E-state index contributed by atoms with van der Waals surface area (Å²) in [4.78, 5) is 0. The molecule has 0 aromatic rings. The van der Waals surface area contributed by atoms with E-state index in [1.807, 2.05) is 0 Å². The molecule has 1 saturated heterocycles. The van der Waals surface area contributed by atoms with Crippen LogP contribution in [0.5, 0.6) is 0 Å². The number of β-amino-alcohol motifs (C(OH)–C–C–N with tert-alkyl or cyclic N) is 1. The molecule has 0 amide bonds. The Kier molecular flexibility index (Phi) is 2.52. The first-order valence-electron chi connectivity index (χ1n) is 4.80. The van der Waals surface area contributed by atoms with Crippen LogP contribution in [0.1, 0.15) is 12.8 Å². The third-order valence-corrected chi connectivity index (χ3v) is 3.24. The normalized spacial score (nSPS) is 37.8. The van der Waals surface area contributed by atoms with Gasteiger partial charge in [-0.2, -0.15) is 8.78 Å². The first-order chi connectivity index (χ1) is 6.98. The second-order valence-electron chi connectivity index (χ2n) is 4.18. The molecule has 2 rings (SSSR count). The minimum atomic E-state index is -2.42. The van der Waals surface area contributed by atoms with Crippen molar-refractivity contribution in [3.05, 3.63) is 11.9 Å². The zero-order valence-electron chi connectivity index (χ0n) is 7.88. The molecule has 2 fully saturated rings. The average molecular weight is 223 g/mol. The Balaban J connectivity index is 2.28. The smallest absolute Gasteiger partial charge is 0.301 e. The third-order valence-electron chi connectivity index (χ3n) is 3.24. The largest absolute Gasteiger partial charge is 0.390 e. The first-order valence-corrected chi connectivity index (χ1v) is 4.80. The third kappa shape index (κ3) is 1.66. The fourth-order valence-corrected chi connectivity index (χ4v) is 2.22. The summed E-state index contributed by atoms with van der Waals surface area (Å²) in [6.45, 7) is 0.110. The van der Waals surface area contributed by atoms with Gasteiger partial charge in [0.2, 0.25) is 0 Å². The van der Waals surface area contributed by atoms with Gasteiger partial charge in [-0.05, 0) is 12.8 Å². The highest BCUT2D eigenvalue weighted by molar-refractivity contribution is 5.22. The first kappa shape index (κ1) is 10.9. The van der Waals surface area contributed by atoms with Crippen LogP contribution in [0.15, 0.2) is 11.9 Å². The van der Waals surface area contributed by atoms with Crippen LogP contribution in [0.25, 0.3) is 0 Å². The van der Waals surface area contributed by atoms with Gasteiger partial charge in [-0.3, -0.25) is 0 Å². The summed E-state index contributed by atoms with van der Waals surface area (Å²) in [6.07, 6.45) is -3.99.